The van der Waals surface area contributed by atoms with Gasteiger partial charge in [0.05, 0.1) is 19.3 Å². The van der Waals surface area contributed by atoms with Gasteiger partial charge in [0.15, 0.2) is 0 Å². The Morgan fingerprint density at radius 3 is 2.72 bits per heavy atom. The molecule has 0 aromatic heterocycles. The average molecular weight is 250 g/mol. The lowest BCUT2D eigenvalue weighted by atomic mass is 9.80. The van der Waals surface area contributed by atoms with Crippen molar-refractivity contribution in [2.45, 2.75) is 18.9 Å². The smallest absolute Gasteiger partial charge is 0.119 e. The number of ether oxygens (including phenoxy) is 1. The van der Waals surface area contributed by atoms with Gasteiger partial charge in [0.25, 0.3) is 0 Å². The Morgan fingerprint density at radius 1 is 1.44 bits per heavy atom. The van der Waals surface area contributed by atoms with Crippen LogP contribution >= 0.6 is 0 Å². The molecule has 0 radical (unpaired) electrons. The molecule has 4 heteroatoms. The van der Waals surface area contributed by atoms with Crippen LogP contribution in [0.5, 0.6) is 5.75 Å². The van der Waals surface area contributed by atoms with Crippen LogP contribution in [0.25, 0.3) is 0 Å². The van der Waals surface area contributed by atoms with Gasteiger partial charge in [-0.1, -0.05) is 6.92 Å². The van der Waals surface area contributed by atoms with E-state index in [1.165, 1.54) is 0 Å². The maximum Gasteiger partial charge on any atom is 0.119 e. The van der Waals surface area contributed by atoms with Crippen LogP contribution in [-0.4, -0.2) is 37.5 Å². The third kappa shape index (κ3) is 2.60. The first-order chi connectivity index (χ1) is 8.70. The van der Waals surface area contributed by atoms with Crippen LogP contribution in [0.15, 0.2) is 24.3 Å². The molecule has 0 saturated carbocycles. The predicted octanol–water partition coefficient (Wildman–Crippen LogP) is 1.47. The fourth-order valence-electron chi connectivity index (χ4n) is 2.49. The summed E-state index contributed by atoms with van der Waals surface area (Å²) in [7, 11) is 1.66. The highest BCUT2D eigenvalue weighted by molar-refractivity contribution is 5.49. The molecule has 2 rings (SSSR count). The van der Waals surface area contributed by atoms with Gasteiger partial charge in [-0.3, -0.25) is 0 Å². The summed E-state index contributed by atoms with van der Waals surface area (Å²) in [4.78, 5) is 0. The Hall–Kier alpha value is -1.26. The van der Waals surface area contributed by atoms with E-state index >= 15 is 0 Å². The number of aliphatic hydroxyl groups excluding tert-OH is 1. The van der Waals surface area contributed by atoms with Crippen LogP contribution in [0.4, 0.5) is 5.69 Å². The van der Waals surface area contributed by atoms with Crippen LogP contribution in [0.1, 0.15) is 13.3 Å². The molecular formula is C14H22N2O2. The van der Waals surface area contributed by atoms with Crippen molar-refractivity contribution in [3.8, 4) is 5.75 Å². The number of benzene rings is 1. The van der Waals surface area contributed by atoms with Crippen molar-refractivity contribution in [3.63, 3.8) is 0 Å². The van der Waals surface area contributed by atoms with Crippen molar-refractivity contribution in [2.75, 3.05) is 32.1 Å². The number of piperidine rings is 1. The fraction of sp³-hybridized carbons (Fsp3) is 0.571. The number of rotatable bonds is 4. The molecule has 1 aliphatic heterocycles. The van der Waals surface area contributed by atoms with Crippen molar-refractivity contribution in [2.24, 2.45) is 5.92 Å². The minimum Gasteiger partial charge on any atom is -0.497 e. The number of aliphatic hydroxyl groups is 1. The number of anilines is 1. The van der Waals surface area contributed by atoms with Gasteiger partial charge < -0.3 is 20.5 Å². The summed E-state index contributed by atoms with van der Waals surface area (Å²) in [5.41, 5.74) is 0.804. The molecule has 0 spiro atoms. The maximum absolute atomic E-state index is 9.76. The SMILES string of the molecule is COc1ccc(NC2(CO)CCNCC2C)cc1. The topological polar surface area (TPSA) is 53.5 Å². The van der Waals surface area contributed by atoms with Crippen LogP contribution in [0, 0.1) is 5.92 Å². The van der Waals surface area contributed by atoms with Gasteiger partial charge in [-0.25, -0.2) is 0 Å². The van der Waals surface area contributed by atoms with E-state index in [2.05, 4.69) is 17.6 Å². The summed E-state index contributed by atoms with van der Waals surface area (Å²) in [5, 5.41) is 16.6. The molecule has 0 bridgehead atoms. The number of nitrogens with one attached hydrogen (secondary N) is 2. The highest BCUT2D eigenvalue weighted by Gasteiger charge is 2.37. The lowest BCUT2D eigenvalue weighted by Crippen LogP contribution is -2.56. The lowest BCUT2D eigenvalue weighted by molar-refractivity contribution is 0.135. The first-order valence-electron chi connectivity index (χ1n) is 6.44. The van der Waals surface area contributed by atoms with Crippen LogP contribution in [0.3, 0.4) is 0 Å². The minimum atomic E-state index is -0.222. The van der Waals surface area contributed by atoms with E-state index in [0.29, 0.717) is 5.92 Å². The summed E-state index contributed by atoms with van der Waals surface area (Å²) in [6.07, 6.45) is 0.927. The normalized spacial score (nSPS) is 27.8. The number of hydrogen-bond acceptors (Lipinski definition) is 4. The largest absolute Gasteiger partial charge is 0.497 e. The van der Waals surface area contributed by atoms with E-state index in [4.69, 9.17) is 4.74 Å². The van der Waals surface area contributed by atoms with Crippen molar-refractivity contribution < 1.29 is 9.84 Å². The molecule has 100 valence electrons. The van der Waals surface area contributed by atoms with Gasteiger partial charge in [0, 0.05) is 12.2 Å². The third-order valence-corrected chi connectivity index (χ3v) is 3.91. The molecule has 18 heavy (non-hydrogen) atoms. The Labute approximate surface area is 108 Å². The summed E-state index contributed by atoms with van der Waals surface area (Å²) in [6, 6.07) is 7.84. The highest BCUT2D eigenvalue weighted by atomic mass is 16.5. The molecule has 1 aromatic carbocycles. The molecule has 0 aliphatic carbocycles. The van der Waals surface area contributed by atoms with Crippen molar-refractivity contribution in [1.29, 1.82) is 0 Å². The van der Waals surface area contributed by atoms with E-state index in [1.54, 1.807) is 7.11 Å². The molecule has 2 atom stereocenters. The highest BCUT2D eigenvalue weighted by Crippen LogP contribution is 2.29. The minimum absolute atomic E-state index is 0.155. The first-order valence-corrected chi connectivity index (χ1v) is 6.44. The summed E-state index contributed by atoms with van der Waals surface area (Å²) < 4.78 is 5.14. The molecule has 1 aromatic rings. The monoisotopic (exact) mass is 250 g/mol. The van der Waals surface area contributed by atoms with Gasteiger partial charge in [0.1, 0.15) is 5.75 Å². The Balaban J connectivity index is 2.13. The Morgan fingerprint density at radius 2 is 2.17 bits per heavy atom. The second kappa shape index (κ2) is 5.59. The summed E-state index contributed by atoms with van der Waals surface area (Å²) in [6.45, 7) is 4.19. The predicted molar refractivity (Wildman–Crippen MR) is 73.1 cm³/mol. The molecule has 1 fully saturated rings. The Bertz CT molecular complexity index is 380. The van der Waals surface area contributed by atoms with Gasteiger partial charge in [-0.05, 0) is 43.1 Å². The second-order valence-corrected chi connectivity index (χ2v) is 5.02. The average Bonchev–Trinajstić information content (AvgIpc) is 2.42. The number of hydrogen-bond donors (Lipinski definition) is 3. The lowest BCUT2D eigenvalue weighted by Gasteiger charge is -2.43. The standard InChI is InChI=1S/C14H22N2O2/c1-11-9-15-8-7-14(11,10-17)16-12-3-5-13(18-2)6-4-12/h3-6,11,15-17H,7-10H2,1-2H3. The number of methoxy groups -OCH3 is 1. The zero-order valence-electron chi connectivity index (χ0n) is 11.1. The molecular weight excluding hydrogens is 228 g/mol. The Kier molecular flexibility index (Phi) is 4.09. The van der Waals surface area contributed by atoms with Gasteiger partial charge in [-0.2, -0.15) is 0 Å². The molecule has 4 nitrogen and oxygen atoms in total. The van der Waals surface area contributed by atoms with E-state index in [9.17, 15) is 5.11 Å². The molecule has 1 saturated heterocycles. The zero-order valence-corrected chi connectivity index (χ0v) is 11.1. The molecule has 0 amide bonds. The zero-order chi connectivity index (χ0) is 13.0. The van der Waals surface area contributed by atoms with E-state index in [0.717, 1.165) is 30.9 Å². The molecule has 1 heterocycles. The van der Waals surface area contributed by atoms with Crippen LogP contribution in [-0.2, 0) is 0 Å². The first kappa shape index (κ1) is 13.2. The fourth-order valence-corrected chi connectivity index (χ4v) is 2.49. The molecule has 2 unspecified atom stereocenters. The van der Waals surface area contributed by atoms with E-state index in [1.807, 2.05) is 24.3 Å². The quantitative estimate of drug-likeness (QED) is 0.757. The van der Waals surface area contributed by atoms with Crippen LogP contribution in [0.2, 0.25) is 0 Å². The van der Waals surface area contributed by atoms with Gasteiger partial charge in [-0.15, -0.1) is 0 Å². The maximum atomic E-state index is 9.76. The molecule has 3 N–H and O–H groups in total. The van der Waals surface area contributed by atoms with Crippen molar-refractivity contribution in [3.05, 3.63) is 24.3 Å². The van der Waals surface area contributed by atoms with Gasteiger partial charge in [0.2, 0.25) is 0 Å². The van der Waals surface area contributed by atoms with E-state index < -0.39 is 0 Å². The van der Waals surface area contributed by atoms with Crippen molar-refractivity contribution in [1.82, 2.24) is 5.32 Å². The third-order valence-electron chi connectivity index (χ3n) is 3.91. The van der Waals surface area contributed by atoms with Crippen molar-refractivity contribution >= 4 is 5.69 Å². The molecule has 1 aliphatic rings. The summed E-state index contributed by atoms with van der Waals surface area (Å²) >= 11 is 0. The van der Waals surface area contributed by atoms with Gasteiger partial charge >= 0.3 is 0 Å². The second-order valence-electron chi connectivity index (χ2n) is 5.02. The summed E-state index contributed by atoms with van der Waals surface area (Å²) in [5.74, 6) is 1.23. The van der Waals surface area contributed by atoms with E-state index in [-0.39, 0.29) is 12.1 Å². The van der Waals surface area contributed by atoms with Crippen LogP contribution < -0.4 is 15.4 Å².